The number of benzene rings is 1. The fourth-order valence-electron chi connectivity index (χ4n) is 4.31. The van der Waals surface area contributed by atoms with E-state index >= 15 is 0 Å². The highest BCUT2D eigenvalue weighted by Crippen LogP contribution is 2.49. The van der Waals surface area contributed by atoms with Gasteiger partial charge in [-0.25, -0.2) is 0 Å². The van der Waals surface area contributed by atoms with Crippen molar-refractivity contribution in [1.82, 2.24) is 5.32 Å². The van der Waals surface area contributed by atoms with Crippen molar-refractivity contribution in [2.24, 2.45) is 17.8 Å². The molecule has 2 N–H and O–H groups in total. The van der Waals surface area contributed by atoms with Crippen LogP contribution in [-0.4, -0.2) is 17.1 Å². The quantitative estimate of drug-likeness (QED) is 0.872. The van der Waals surface area contributed by atoms with E-state index in [0.717, 1.165) is 19.3 Å². The number of hydrogen-bond donors (Lipinski definition) is 2. The highest BCUT2D eigenvalue weighted by Gasteiger charge is 2.51. The topological polar surface area (TPSA) is 49.3 Å². The number of aliphatic carboxylic acids is 1. The van der Waals surface area contributed by atoms with E-state index in [4.69, 9.17) is 0 Å². The fraction of sp³-hybridized carbons (Fsp3) is 0.611. The van der Waals surface area contributed by atoms with Gasteiger partial charge in [-0.05, 0) is 55.6 Å². The Morgan fingerprint density at radius 2 is 1.95 bits per heavy atom. The van der Waals surface area contributed by atoms with Crippen LogP contribution in [0.5, 0.6) is 0 Å². The van der Waals surface area contributed by atoms with Crippen LogP contribution in [0.4, 0.5) is 0 Å². The van der Waals surface area contributed by atoms with Crippen molar-refractivity contribution in [3.63, 3.8) is 0 Å². The molecule has 1 aromatic rings. The molecule has 0 spiro atoms. The lowest BCUT2D eigenvalue weighted by atomic mass is 9.84. The number of fused-ring (bicyclic) bond motifs is 2. The van der Waals surface area contributed by atoms with Gasteiger partial charge >= 0.3 is 5.97 Å². The predicted molar refractivity (Wildman–Crippen MR) is 83.1 cm³/mol. The average Bonchev–Trinajstić information content (AvgIpc) is 3.08. The predicted octanol–water partition coefficient (Wildman–Crippen LogP) is 3.40. The number of nitrogens with one attached hydrogen (secondary N) is 1. The summed E-state index contributed by atoms with van der Waals surface area (Å²) in [7, 11) is 0. The zero-order valence-electron chi connectivity index (χ0n) is 12.9. The lowest BCUT2D eigenvalue weighted by Crippen LogP contribution is -2.45. The number of hydrogen-bond acceptors (Lipinski definition) is 2. The first kappa shape index (κ1) is 14.6. The molecule has 1 aromatic carbocycles. The molecule has 114 valence electrons. The van der Waals surface area contributed by atoms with E-state index in [0.29, 0.717) is 11.8 Å². The third kappa shape index (κ3) is 2.71. The molecule has 0 saturated heterocycles. The molecule has 2 aliphatic carbocycles. The zero-order chi connectivity index (χ0) is 15.0. The summed E-state index contributed by atoms with van der Waals surface area (Å²) < 4.78 is 0. The second kappa shape index (κ2) is 5.80. The molecule has 2 saturated carbocycles. The Kier molecular flexibility index (Phi) is 4.03. The number of carboxylic acid groups (broad SMARTS) is 1. The molecule has 0 aliphatic heterocycles. The third-order valence-corrected chi connectivity index (χ3v) is 5.53. The minimum atomic E-state index is -0.617. The van der Waals surface area contributed by atoms with E-state index in [-0.39, 0.29) is 18.0 Å². The molecule has 5 unspecified atom stereocenters. The molecule has 0 heterocycles. The van der Waals surface area contributed by atoms with Gasteiger partial charge in [0.25, 0.3) is 0 Å². The molecule has 3 nitrogen and oxygen atoms in total. The monoisotopic (exact) mass is 287 g/mol. The summed E-state index contributed by atoms with van der Waals surface area (Å²) in [4.78, 5) is 11.6. The fourth-order valence-corrected chi connectivity index (χ4v) is 4.31. The first-order chi connectivity index (χ1) is 10.1. The Bertz CT molecular complexity index is 510. The second-order valence-corrected chi connectivity index (χ2v) is 6.71. The Morgan fingerprint density at radius 3 is 2.57 bits per heavy atom. The third-order valence-electron chi connectivity index (χ3n) is 5.53. The van der Waals surface area contributed by atoms with Crippen LogP contribution >= 0.6 is 0 Å². The average molecular weight is 287 g/mol. The minimum Gasteiger partial charge on any atom is -0.481 e. The molecule has 3 rings (SSSR count). The first-order valence-electron chi connectivity index (χ1n) is 8.17. The maximum absolute atomic E-state index is 11.6. The van der Waals surface area contributed by atoms with Crippen LogP contribution in [0.25, 0.3) is 0 Å². The number of carboxylic acids is 1. The van der Waals surface area contributed by atoms with Gasteiger partial charge in [0.15, 0.2) is 0 Å². The zero-order valence-corrected chi connectivity index (χ0v) is 12.9. The minimum absolute atomic E-state index is 0.141. The Morgan fingerprint density at radius 1 is 1.29 bits per heavy atom. The van der Waals surface area contributed by atoms with Gasteiger partial charge in [-0.15, -0.1) is 0 Å². The van der Waals surface area contributed by atoms with Crippen molar-refractivity contribution >= 4 is 5.97 Å². The van der Waals surface area contributed by atoms with Gasteiger partial charge in [-0.1, -0.05) is 31.2 Å². The maximum atomic E-state index is 11.6. The van der Waals surface area contributed by atoms with Gasteiger partial charge in [0.2, 0.25) is 0 Å². The van der Waals surface area contributed by atoms with E-state index in [1.54, 1.807) is 0 Å². The second-order valence-electron chi connectivity index (χ2n) is 6.71. The van der Waals surface area contributed by atoms with Crippen molar-refractivity contribution < 1.29 is 9.90 Å². The van der Waals surface area contributed by atoms with E-state index in [1.165, 1.54) is 17.5 Å². The van der Waals surface area contributed by atoms with Crippen molar-refractivity contribution in [3.05, 3.63) is 35.4 Å². The first-order valence-corrected chi connectivity index (χ1v) is 8.17. The lowest BCUT2D eigenvalue weighted by Gasteiger charge is -2.31. The summed E-state index contributed by atoms with van der Waals surface area (Å²) in [6, 6.07) is 9.02. The number of carbonyl (C=O) groups is 1. The van der Waals surface area contributed by atoms with E-state index in [9.17, 15) is 9.90 Å². The summed E-state index contributed by atoms with van der Waals surface area (Å²) in [5.41, 5.74) is 2.59. The molecule has 0 amide bonds. The van der Waals surface area contributed by atoms with Crippen LogP contribution < -0.4 is 5.32 Å². The van der Waals surface area contributed by atoms with Gasteiger partial charge < -0.3 is 10.4 Å². The Labute approximate surface area is 126 Å². The van der Waals surface area contributed by atoms with Crippen molar-refractivity contribution in [2.75, 3.05) is 0 Å². The molecule has 0 aromatic heterocycles. The largest absolute Gasteiger partial charge is 0.481 e. The highest BCUT2D eigenvalue weighted by molar-refractivity contribution is 5.72. The molecule has 2 aliphatic rings. The van der Waals surface area contributed by atoms with E-state index < -0.39 is 5.97 Å². The van der Waals surface area contributed by atoms with Crippen LogP contribution in [-0.2, 0) is 11.2 Å². The normalized spacial score (nSPS) is 32.3. The standard InChI is InChI=1S/C18H25NO2/c1-3-12-4-6-13(7-5-12)11(2)19-17-15-9-8-14(10-15)16(17)18(20)21/h4-7,11,14-17,19H,3,8-10H2,1-2H3,(H,20,21). The highest BCUT2D eigenvalue weighted by atomic mass is 16.4. The molecule has 5 atom stereocenters. The van der Waals surface area contributed by atoms with Crippen LogP contribution in [0.1, 0.15) is 50.3 Å². The van der Waals surface area contributed by atoms with Crippen LogP contribution in [0.2, 0.25) is 0 Å². The summed E-state index contributed by atoms with van der Waals surface area (Å²) in [5, 5.41) is 13.1. The van der Waals surface area contributed by atoms with Gasteiger partial charge in [-0.2, -0.15) is 0 Å². The van der Waals surface area contributed by atoms with Gasteiger partial charge in [-0.3, -0.25) is 4.79 Å². The van der Waals surface area contributed by atoms with Crippen molar-refractivity contribution in [2.45, 2.75) is 51.6 Å². The Hall–Kier alpha value is -1.35. The van der Waals surface area contributed by atoms with Crippen molar-refractivity contribution in [1.29, 1.82) is 0 Å². The number of rotatable bonds is 5. The van der Waals surface area contributed by atoms with Crippen LogP contribution in [0.15, 0.2) is 24.3 Å². The molecule has 0 radical (unpaired) electrons. The summed E-state index contributed by atoms with van der Waals surface area (Å²) in [5.74, 6) is 0.127. The maximum Gasteiger partial charge on any atom is 0.308 e. The molecular weight excluding hydrogens is 262 g/mol. The lowest BCUT2D eigenvalue weighted by molar-refractivity contribution is -0.144. The smallest absolute Gasteiger partial charge is 0.308 e. The summed E-state index contributed by atoms with van der Waals surface area (Å²) in [6.45, 7) is 4.30. The van der Waals surface area contributed by atoms with Gasteiger partial charge in [0.1, 0.15) is 0 Å². The number of aryl methyl sites for hydroxylation is 1. The molecular formula is C18H25NO2. The van der Waals surface area contributed by atoms with Gasteiger partial charge in [0.05, 0.1) is 5.92 Å². The van der Waals surface area contributed by atoms with Crippen LogP contribution in [0, 0.1) is 17.8 Å². The van der Waals surface area contributed by atoms with E-state index in [2.05, 4.69) is 43.4 Å². The SMILES string of the molecule is CCc1ccc(C(C)NC2C3CCC(C3)C2C(=O)O)cc1. The van der Waals surface area contributed by atoms with Gasteiger partial charge in [0, 0.05) is 12.1 Å². The molecule has 2 fully saturated rings. The molecule has 3 heteroatoms. The Balaban J connectivity index is 1.71. The summed E-state index contributed by atoms with van der Waals surface area (Å²) in [6.07, 6.45) is 4.43. The summed E-state index contributed by atoms with van der Waals surface area (Å²) >= 11 is 0. The van der Waals surface area contributed by atoms with Crippen molar-refractivity contribution in [3.8, 4) is 0 Å². The molecule has 2 bridgehead atoms. The van der Waals surface area contributed by atoms with E-state index in [1.807, 2.05) is 0 Å². The molecule has 21 heavy (non-hydrogen) atoms. The van der Waals surface area contributed by atoms with Crippen LogP contribution in [0.3, 0.4) is 0 Å².